The summed E-state index contributed by atoms with van der Waals surface area (Å²) in [4.78, 5) is 17.4. The topological polar surface area (TPSA) is 62.7 Å². The summed E-state index contributed by atoms with van der Waals surface area (Å²) in [5, 5.41) is 9.24. The van der Waals surface area contributed by atoms with Crippen molar-refractivity contribution in [2.24, 2.45) is 0 Å². The Balaban J connectivity index is 1.62. The van der Waals surface area contributed by atoms with E-state index in [1.54, 1.807) is 12.4 Å². The first-order valence-corrected chi connectivity index (χ1v) is 7.80. The Morgan fingerprint density at radius 2 is 2.09 bits per heavy atom. The smallest absolute Gasteiger partial charge is 0.320 e. The van der Waals surface area contributed by atoms with E-state index in [9.17, 15) is 9.90 Å². The second-order valence-electron chi connectivity index (χ2n) is 5.77. The molecule has 23 heavy (non-hydrogen) atoms. The van der Waals surface area contributed by atoms with Gasteiger partial charge in [0.05, 0.1) is 6.20 Å². The number of carbonyl (C=O) groups is 1. The number of carboxylic acids is 1. The maximum absolute atomic E-state index is 11.2. The second kappa shape index (κ2) is 7.24. The number of pyridine rings is 1. The van der Waals surface area contributed by atoms with Gasteiger partial charge in [0.15, 0.2) is 0 Å². The van der Waals surface area contributed by atoms with Crippen molar-refractivity contribution in [1.29, 1.82) is 0 Å². The van der Waals surface area contributed by atoms with Crippen LogP contribution in [0.2, 0.25) is 0 Å². The number of carboxylic acid groups (broad SMARTS) is 1. The van der Waals surface area contributed by atoms with Gasteiger partial charge in [0.1, 0.15) is 18.4 Å². The van der Waals surface area contributed by atoms with Crippen molar-refractivity contribution < 1.29 is 14.6 Å². The zero-order chi connectivity index (χ0) is 16.1. The molecule has 1 fully saturated rings. The minimum absolute atomic E-state index is 0.385. The molecule has 1 atom stereocenters. The lowest BCUT2D eigenvalue weighted by atomic mass is 10.2. The Morgan fingerprint density at radius 3 is 2.87 bits per heavy atom. The van der Waals surface area contributed by atoms with Gasteiger partial charge in [-0.25, -0.2) is 0 Å². The Labute approximate surface area is 135 Å². The van der Waals surface area contributed by atoms with E-state index in [2.05, 4.69) is 4.98 Å². The van der Waals surface area contributed by atoms with Crippen LogP contribution in [0, 0.1) is 0 Å². The zero-order valence-electron chi connectivity index (χ0n) is 12.9. The first kappa shape index (κ1) is 15.5. The molecule has 0 unspecified atom stereocenters. The molecule has 2 heterocycles. The molecule has 0 bridgehead atoms. The summed E-state index contributed by atoms with van der Waals surface area (Å²) < 4.78 is 5.77. The summed E-state index contributed by atoms with van der Waals surface area (Å²) >= 11 is 0. The minimum Gasteiger partial charge on any atom is -0.487 e. The van der Waals surface area contributed by atoms with Crippen LogP contribution in [-0.2, 0) is 17.9 Å². The molecule has 0 amide bonds. The lowest BCUT2D eigenvalue weighted by molar-refractivity contribution is -0.142. The Kier molecular flexibility index (Phi) is 4.88. The molecule has 2 aromatic rings. The van der Waals surface area contributed by atoms with Crippen LogP contribution < -0.4 is 4.74 Å². The number of aromatic nitrogens is 1. The van der Waals surface area contributed by atoms with Crippen LogP contribution in [0.4, 0.5) is 0 Å². The van der Waals surface area contributed by atoms with E-state index in [1.807, 2.05) is 41.3 Å². The van der Waals surface area contributed by atoms with Crippen molar-refractivity contribution in [1.82, 2.24) is 9.88 Å². The number of ether oxygens (including phenoxy) is 1. The lowest BCUT2D eigenvalue weighted by Gasteiger charge is -2.21. The normalized spacial score (nSPS) is 18.0. The van der Waals surface area contributed by atoms with Gasteiger partial charge in [-0.1, -0.05) is 30.3 Å². The van der Waals surface area contributed by atoms with Crippen LogP contribution in [0.1, 0.15) is 24.0 Å². The molecule has 1 saturated heterocycles. The molecule has 1 N–H and O–H groups in total. The molecule has 0 aliphatic carbocycles. The molecule has 0 saturated carbocycles. The maximum Gasteiger partial charge on any atom is 0.320 e. The van der Waals surface area contributed by atoms with Gasteiger partial charge in [0.25, 0.3) is 0 Å². The number of aliphatic carboxylic acids is 1. The second-order valence-corrected chi connectivity index (χ2v) is 5.77. The third kappa shape index (κ3) is 4.07. The highest BCUT2D eigenvalue weighted by Crippen LogP contribution is 2.21. The molecule has 1 aliphatic heterocycles. The fraction of sp³-hybridized carbons (Fsp3) is 0.333. The number of benzene rings is 1. The van der Waals surface area contributed by atoms with Gasteiger partial charge in [0.2, 0.25) is 0 Å². The number of hydrogen-bond donors (Lipinski definition) is 1. The van der Waals surface area contributed by atoms with E-state index in [4.69, 9.17) is 4.74 Å². The minimum atomic E-state index is -0.744. The molecule has 3 rings (SSSR count). The molecule has 0 radical (unpaired) electrons. The molecule has 0 spiro atoms. The molecular weight excluding hydrogens is 292 g/mol. The van der Waals surface area contributed by atoms with Gasteiger partial charge in [-0.05, 0) is 36.6 Å². The number of nitrogens with zero attached hydrogens (tertiary/aromatic N) is 2. The summed E-state index contributed by atoms with van der Waals surface area (Å²) in [6.45, 7) is 1.89. The highest BCUT2D eigenvalue weighted by Gasteiger charge is 2.30. The maximum atomic E-state index is 11.2. The molecule has 1 aromatic heterocycles. The van der Waals surface area contributed by atoms with Gasteiger partial charge in [-0.15, -0.1) is 0 Å². The molecule has 5 nitrogen and oxygen atoms in total. The standard InChI is InChI=1S/C18H20N2O3/c21-18(22)17-7-4-8-20(17)12-15-9-16(11-19-10-15)23-13-14-5-2-1-3-6-14/h1-3,5-6,9-11,17H,4,7-8,12-13H2,(H,21,22)/t17-/m1/s1. The van der Waals surface area contributed by atoms with Gasteiger partial charge in [-0.3, -0.25) is 14.7 Å². The van der Waals surface area contributed by atoms with Crippen molar-refractivity contribution >= 4 is 5.97 Å². The monoisotopic (exact) mass is 312 g/mol. The SMILES string of the molecule is O=C(O)[C@H]1CCCN1Cc1cncc(OCc2ccccc2)c1. The Morgan fingerprint density at radius 1 is 1.26 bits per heavy atom. The van der Waals surface area contributed by atoms with Crippen LogP contribution in [0.15, 0.2) is 48.8 Å². The Hall–Kier alpha value is -2.40. The zero-order valence-corrected chi connectivity index (χ0v) is 12.9. The third-order valence-corrected chi connectivity index (χ3v) is 4.05. The lowest BCUT2D eigenvalue weighted by Crippen LogP contribution is -2.35. The fourth-order valence-electron chi connectivity index (χ4n) is 2.90. The van der Waals surface area contributed by atoms with Gasteiger partial charge < -0.3 is 9.84 Å². The van der Waals surface area contributed by atoms with E-state index in [0.29, 0.717) is 25.3 Å². The van der Waals surface area contributed by atoms with Crippen molar-refractivity contribution in [2.75, 3.05) is 6.54 Å². The van der Waals surface area contributed by atoms with Gasteiger partial charge >= 0.3 is 5.97 Å². The van der Waals surface area contributed by atoms with E-state index in [0.717, 1.165) is 24.1 Å². The van der Waals surface area contributed by atoms with Crippen molar-refractivity contribution in [3.05, 3.63) is 59.9 Å². The largest absolute Gasteiger partial charge is 0.487 e. The number of rotatable bonds is 6. The molecule has 1 aliphatic rings. The number of hydrogen-bond acceptors (Lipinski definition) is 4. The van der Waals surface area contributed by atoms with Crippen molar-refractivity contribution in [3.8, 4) is 5.75 Å². The van der Waals surface area contributed by atoms with Crippen LogP contribution >= 0.6 is 0 Å². The average molecular weight is 312 g/mol. The summed E-state index contributed by atoms with van der Waals surface area (Å²) in [6, 6.07) is 11.5. The highest BCUT2D eigenvalue weighted by molar-refractivity contribution is 5.73. The highest BCUT2D eigenvalue weighted by atomic mass is 16.5. The van der Waals surface area contributed by atoms with Crippen LogP contribution in [0.25, 0.3) is 0 Å². The molecule has 120 valence electrons. The van der Waals surface area contributed by atoms with E-state index in [1.165, 1.54) is 0 Å². The van der Waals surface area contributed by atoms with Crippen LogP contribution in [0.5, 0.6) is 5.75 Å². The predicted octanol–water partition coefficient (Wildman–Crippen LogP) is 2.71. The van der Waals surface area contributed by atoms with Crippen LogP contribution in [-0.4, -0.2) is 33.5 Å². The summed E-state index contributed by atoms with van der Waals surface area (Å²) in [5.41, 5.74) is 2.08. The Bertz CT molecular complexity index is 660. The van der Waals surface area contributed by atoms with Crippen molar-refractivity contribution in [3.63, 3.8) is 0 Å². The summed E-state index contributed by atoms with van der Waals surface area (Å²) in [6.07, 6.45) is 5.10. The van der Waals surface area contributed by atoms with E-state index in [-0.39, 0.29) is 6.04 Å². The average Bonchev–Trinajstić information content (AvgIpc) is 3.03. The van der Waals surface area contributed by atoms with E-state index >= 15 is 0 Å². The predicted molar refractivity (Wildman–Crippen MR) is 86.1 cm³/mol. The molecular formula is C18H20N2O3. The summed E-state index contributed by atoms with van der Waals surface area (Å²) in [5.74, 6) is -0.0376. The molecule has 1 aromatic carbocycles. The quantitative estimate of drug-likeness (QED) is 0.888. The fourth-order valence-corrected chi connectivity index (χ4v) is 2.90. The first-order valence-electron chi connectivity index (χ1n) is 7.80. The number of likely N-dealkylation sites (tertiary alicyclic amines) is 1. The summed E-state index contributed by atoms with van der Waals surface area (Å²) in [7, 11) is 0. The molecule has 5 heteroatoms. The third-order valence-electron chi connectivity index (χ3n) is 4.05. The van der Waals surface area contributed by atoms with Gasteiger partial charge in [0, 0.05) is 12.7 Å². The first-order chi connectivity index (χ1) is 11.2. The van der Waals surface area contributed by atoms with Crippen molar-refractivity contribution in [2.45, 2.75) is 32.0 Å². The van der Waals surface area contributed by atoms with Gasteiger partial charge in [-0.2, -0.15) is 0 Å². The van der Waals surface area contributed by atoms with Crippen LogP contribution in [0.3, 0.4) is 0 Å². The van der Waals surface area contributed by atoms with E-state index < -0.39 is 5.97 Å².